The maximum absolute atomic E-state index is 6.52. The highest BCUT2D eigenvalue weighted by Gasteiger charge is 2.18. The first-order chi connectivity index (χ1) is 22.8. The minimum atomic E-state index is 0.839. The molecule has 0 saturated carbocycles. The fourth-order valence-electron chi connectivity index (χ4n) is 7.51. The Kier molecular flexibility index (Phi) is 4.55. The number of rotatable bonds is 2. The predicted molar refractivity (Wildman–Crippen MR) is 188 cm³/mol. The van der Waals surface area contributed by atoms with Gasteiger partial charge in [0.1, 0.15) is 33.5 Å². The number of fused-ring (bicyclic) bond motifs is 13. The van der Waals surface area contributed by atoms with Crippen molar-refractivity contribution >= 4 is 87.6 Å². The fourth-order valence-corrected chi connectivity index (χ4v) is 7.51. The molecule has 0 unspecified atom stereocenters. The third-order valence-electron chi connectivity index (χ3n) is 9.60. The molecule has 11 aromatic rings. The zero-order chi connectivity index (χ0) is 29.9. The van der Waals surface area contributed by atoms with Crippen LogP contribution in [0.5, 0.6) is 0 Å². The second-order valence-corrected chi connectivity index (χ2v) is 12.1. The molecule has 0 radical (unpaired) electrons. The van der Waals surface area contributed by atoms with Crippen LogP contribution in [0.3, 0.4) is 0 Å². The van der Waals surface area contributed by atoms with Crippen molar-refractivity contribution in [1.29, 1.82) is 0 Å². The first-order valence-corrected chi connectivity index (χ1v) is 15.5. The monoisotopic (exact) mass is 589 g/mol. The van der Waals surface area contributed by atoms with Crippen LogP contribution >= 0.6 is 0 Å². The molecule has 214 valence electrons. The minimum Gasteiger partial charge on any atom is -0.456 e. The third kappa shape index (κ3) is 3.17. The Morgan fingerprint density at radius 3 is 1.83 bits per heavy atom. The van der Waals surface area contributed by atoms with E-state index in [4.69, 9.17) is 13.3 Å². The highest BCUT2D eigenvalue weighted by molar-refractivity contribution is 6.22. The van der Waals surface area contributed by atoms with Gasteiger partial charge >= 0.3 is 0 Å². The summed E-state index contributed by atoms with van der Waals surface area (Å²) in [5.74, 6) is 0. The van der Waals surface area contributed by atoms with Gasteiger partial charge in [0.05, 0.1) is 16.4 Å². The standard InChI is InChI=1S/C42H23NO3/c1-4-10-34-27(7-1)31-21-24(25-14-18-38-32(22-25)28-8-2-5-11-36(28)44-38)13-17-35(31)43(34)26-15-19-39-33(23-26)29-16-20-40-41(42(29)46-39)30-9-3-6-12-37(30)45-40/h1-23H. The first-order valence-electron chi connectivity index (χ1n) is 15.5. The van der Waals surface area contributed by atoms with Crippen LogP contribution in [0.15, 0.2) is 153 Å². The third-order valence-corrected chi connectivity index (χ3v) is 9.60. The van der Waals surface area contributed by atoms with Crippen molar-refractivity contribution in [2.75, 3.05) is 0 Å². The molecule has 11 rings (SSSR count). The van der Waals surface area contributed by atoms with Crippen molar-refractivity contribution in [3.63, 3.8) is 0 Å². The van der Waals surface area contributed by atoms with Gasteiger partial charge < -0.3 is 17.8 Å². The summed E-state index contributed by atoms with van der Waals surface area (Å²) in [4.78, 5) is 0. The Hall–Kier alpha value is -6.26. The van der Waals surface area contributed by atoms with Gasteiger partial charge in [-0.1, -0.05) is 66.7 Å². The average Bonchev–Trinajstić information content (AvgIpc) is 3.86. The molecule has 0 spiro atoms. The van der Waals surface area contributed by atoms with Crippen molar-refractivity contribution in [1.82, 2.24) is 4.57 Å². The lowest BCUT2D eigenvalue weighted by Crippen LogP contribution is -1.93. The molecule has 0 bridgehead atoms. The van der Waals surface area contributed by atoms with Gasteiger partial charge in [-0.3, -0.25) is 0 Å². The molecule has 0 N–H and O–H groups in total. The smallest absolute Gasteiger partial charge is 0.147 e. The quantitative estimate of drug-likeness (QED) is 0.201. The number of nitrogens with zero attached hydrogens (tertiary/aromatic N) is 1. The van der Waals surface area contributed by atoms with Crippen molar-refractivity contribution in [2.24, 2.45) is 0 Å². The second kappa shape index (κ2) is 8.68. The molecule has 0 saturated heterocycles. The van der Waals surface area contributed by atoms with Gasteiger partial charge in [-0.2, -0.15) is 0 Å². The Bertz CT molecular complexity index is 3040. The summed E-state index contributed by atoms with van der Waals surface area (Å²) < 4.78 is 21.1. The van der Waals surface area contributed by atoms with Crippen LogP contribution < -0.4 is 0 Å². The Labute approximate surface area is 261 Å². The zero-order valence-corrected chi connectivity index (χ0v) is 24.5. The Morgan fingerprint density at radius 2 is 0.935 bits per heavy atom. The SMILES string of the molecule is c1ccc2c(c1)oc1ccc(-c3ccc4c(c3)c3ccccc3n4-c3ccc4oc5c(ccc6oc7ccccc7c65)c4c3)cc12. The van der Waals surface area contributed by atoms with E-state index in [0.717, 1.165) is 77.0 Å². The van der Waals surface area contributed by atoms with E-state index in [2.05, 4.69) is 114 Å². The summed E-state index contributed by atoms with van der Waals surface area (Å²) in [6, 6.07) is 49.0. The highest BCUT2D eigenvalue weighted by Crippen LogP contribution is 2.41. The molecule has 4 nitrogen and oxygen atoms in total. The highest BCUT2D eigenvalue weighted by atomic mass is 16.3. The van der Waals surface area contributed by atoms with E-state index in [1.165, 1.54) is 27.4 Å². The normalized spacial score (nSPS) is 12.3. The van der Waals surface area contributed by atoms with E-state index in [9.17, 15) is 0 Å². The van der Waals surface area contributed by atoms with Crippen LogP contribution in [-0.2, 0) is 0 Å². The van der Waals surface area contributed by atoms with Gasteiger partial charge in [0.15, 0.2) is 0 Å². The van der Waals surface area contributed by atoms with E-state index in [-0.39, 0.29) is 0 Å². The van der Waals surface area contributed by atoms with Gasteiger partial charge in [0.2, 0.25) is 0 Å². The average molecular weight is 590 g/mol. The molecular weight excluding hydrogens is 566 g/mol. The Balaban J connectivity index is 1.12. The van der Waals surface area contributed by atoms with E-state index in [0.29, 0.717) is 0 Å². The van der Waals surface area contributed by atoms with Gasteiger partial charge in [-0.25, -0.2) is 0 Å². The molecule has 7 aromatic carbocycles. The lowest BCUT2D eigenvalue weighted by Gasteiger charge is -2.09. The molecule has 4 heterocycles. The van der Waals surface area contributed by atoms with Crippen molar-refractivity contribution in [2.45, 2.75) is 0 Å². The van der Waals surface area contributed by atoms with Crippen molar-refractivity contribution in [3.8, 4) is 16.8 Å². The van der Waals surface area contributed by atoms with Gasteiger partial charge in [0.25, 0.3) is 0 Å². The van der Waals surface area contributed by atoms with Crippen molar-refractivity contribution < 1.29 is 13.3 Å². The Morgan fingerprint density at radius 1 is 0.348 bits per heavy atom. The minimum absolute atomic E-state index is 0.839. The van der Waals surface area contributed by atoms with Crippen LogP contribution in [-0.4, -0.2) is 4.57 Å². The summed E-state index contributed by atoms with van der Waals surface area (Å²) >= 11 is 0. The van der Waals surface area contributed by atoms with Crippen LogP contribution in [0, 0.1) is 0 Å². The number of hydrogen-bond donors (Lipinski definition) is 0. The van der Waals surface area contributed by atoms with Crippen LogP contribution in [0.25, 0.3) is 104 Å². The molecule has 4 heteroatoms. The molecule has 0 aliphatic carbocycles. The zero-order valence-electron chi connectivity index (χ0n) is 24.5. The fraction of sp³-hybridized carbons (Fsp3) is 0. The number of aromatic nitrogens is 1. The number of benzene rings is 7. The topological polar surface area (TPSA) is 44.4 Å². The van der Waals surface area contributed by atoms with E-state index < -0.39 is 0 Å². The molecule has 0 amide bonds. The maximum atomic E-state index is 6.52. The molecule has 4 aromatic heterocycles. The van der Waals surface area contributed by atoms with Gasteiger partial charge in [-0.05, 0) is 83.9 Å². The molecule has 0 aliphatic heterocycles. The summed E-state index contributed by atoms with van der Waals surface area (Å²) in [6.07, 6.45) is 0. The summed E-state index contributed by atoms with van der Waals surface area (Å²) in [5.41, 5.74) is 11.0. The molecule has 46 heavy (non-hydrogen) atoms. The molecule has 0 aliphatic rings. The summed E-state index contributed by atoms with van der Waals surface area (Å²) in [5, 5.41) is 8.98. The first kappa shape index (κ1) is 24.1. The maximum Gasteiger partial charge on any atom is 0.147 e. The number of furan rings is 3. The summed E-state index contributed by atoms with van der Waals surface area (Å²) in [6.45, 7) is 0. The molecular formula is C42H23NO3. The lowest BCUT2D eigenvalue weighted by atomic mass is 10.0. The number of hydrogen-bond acceptors (Lipinski definition) is 3. The second-order valence-electron chi connectivity index (χ2n) is 12.1. The van der Waals surface area contributed by atoms with Crippen LogP contribution in [0.2, 0.25) is 0 Å². The van der Waals surface area contributed by atoms with E-state index >= 15 is 0 Å². The predicted octanol–water partition coefficient (Wildman–Crippen LogP) is 12.1. The van der Waals surface area contributed by atoms with Crippen molar-refractivity contribution in [3.05, 3.63) is 140 Å². The largest absolute Gasteiger partial charge is 0.456 e. The number of para-hydroxylation sites is 3. The van der Waals surface area contributed by atoms with Gasteiger partial charge in [0, 0.05) is 43.4 Å². The molecule has 0 fully saturated rings. The van der Waals surface area contributed by atoms with Crippen LogP contribution in [0.4, 0.5) is 0 Å². The van der Waals surface area contributed by atoms with E-state index in [1.807, 2.05) is 30.3 Å². The van der Waals surface area contributed by atoms with Gasteiger partial charge in [-0.15, -0.1) is 0 Å². The van der Waals surface area contributed by atoms with E-state index in [1.54, 1.807) is 0 Å². The van der Waals surface area contributed by atoms with Crippen LogP contribution in [0.1, 0.15) is 0 Å². The molecule has 0 atom stereocenters. The summed E-state index contributed by atoms with van der Waals surface area (Å²) in [7, 11) is 0. The lowest BCUT2D eigenvalue weighted by molar-refractivity contribution is 0.662.